The lowest BCUT2D eigenvalue weighted by atomic mass is 10.0. The first-order chi connectivity index (χ1) is 11.0. The fourth-order valence-electron chi connectivity index (χ4n) is 2.56. The van der Waals surface area contributed by atoms with Gasteiger partial charge < -0.3 is 9.84 Å². The number of carboxylic acids is 1. The van der Waals surface area contributed by atoms with Crippen molar-refractivity contribution >= 4 is 32.8 Å². The number of methoxy groups -OCH3 is 1. The molecule has 1 heterocycles. The van der Waals surface area contributed by atoms with Gasteiger partial charge in [-0.15, -0.1) is 0 Å². The van der Waals surface area contributed by atoms with E-state index >= 15 is 0 Å². The largest absolute Gasteiger partial charge is 0.496 e. The molecule has 0 atom stereocenters. The number of halogens is 1. The SMILES string of the molecule is COc1ccc(-c2cc(C(=O)O)c3cc(Br)ccc3n2)cc1C. The molecule has 5 heteroatoms. The third-order valence-electron chi connectivity index (χ3n) is 3.69. The number of aromatic nitrogens is 1. The van der Waals surface area contributed by atoms with Crippen LogP contribution in [0.4, 0.5) is 0 Å². The standard InChI is InChI=1S/C18H14BrNO3/c1-10-7-11(3-6-17(10)23-2)16-9-14(18(21)22)13-8-12(19)4-5-15(13)20-16/h3-9H,1-2H3,(H,21,22). The van der Waals surface area contributed by atoms with Gasteiger partial charge >= 0.3 is 5.97 Å². The van der Waals surface area contributed by atoms with E-state index < -0.39 is 5.97 Å². The van der Waals surface area contributed by atoms with Crippen molar-refractivity contribution in [3.05, 3.63) is 58.1 Å². The van der Waals surface area contributed by atoms with E-state index in [1.807, 2.05) is 37.3 Å². The third-order valence-corrected chi connectivity index (χ3v) is 4.19. The van der Waals surface area contributed by atoms with E-state index in [-0.39, 0.29) is 5.56 Å². The van der Waals surface area contributed by atoms with Crippen LogP contribution >= 0.6 is 15.9 Å². The molecule has 0 saturated heterocycles. The topological polar surface area (TPSA) is 59.4 Å². The number of aryl methyl sites for hydroxylation is 1. The number of nitrogens with zero attached hydrogens (tertiary/aromatic N) is 1. The van der Waals surface area contributed by atoms with Crippen LogP contribution in [0.15, 0.2) is 46.9 Å². The highest BCUT2D eigenvalue weighted by Crippen LogP contribution is 2.29. The molecule has 0 amide bonds. The predicted octanol–water partition coefficient (Wildman–Crippen LogP) is 4.68. The van der Waals surface area contributed by atoms with Gasteiger partial charge in [-0.2, -0.15) is 0 Å². The maximum Gasteiger partial charge on any atom is 0.336 e. The van der Waals surface area contributed by atoms with Crippen LogP contribution in [0.2, 0.25) is 0 Å². The number of carboxylic acid groups (broad SMARTS) is 1. The molecule has 1 N–H and O–H groups in total. The van der Waals surface area contributed by atoms with E-state index in [2.05, 4.69) is 20.9 Å². The van der Waals surface area contributed by atoms with Gasteiger partial charge in [0.2, 0.25) is 0 Å². The summed E-state index contributed by atoms with van der Waals surface area (Å²) in [5.74, 6) is -0.182. The van der Waals surface area contributed by atoms with Gasteiger partial charge in [0.25, 0.3) is 0 Å². The molecule has 0 bridgehead atoms. The van der Waals surface area contributed by atoms with Crippen LogP contribution in [-0.2, 0) is 0 Å². The van der Waals surface area contributed by atoms with Crippen molar-refractivity contribution in [1.82, 2.24) is 4.98 Å². The number of fused-ring (bicyclic) bond motifs is 1. The fourth-order valence-corrected chi connectivity index (χ4v) is 2.92. The molecule has 116 valence electrons. The van der Waals surface area contributed by atoms with Crippen molar-refractivity contribution in [2.75, 3.05) is 7.11 Å². The summed E-state index contributed by atoms with van der Waals surface area (Å²) in [5.41, 5.74) is 3.34. The monoisotopic (exact) mass is 371 g/mol. The number of aromatic carboxylic acids is 1. The lowest BCUT2D eigenvalue weighted by molar-refractivity contribution is 0.0699. The van der Waals surface area contributed by atoms with Crippen LogP contribution < -0.4 is 4.74 Å². The van der Waals surface area contributed by atoms with E-state index in [4.69, 9.17) is 4.74 Å². The van der Waals surface area contributed by atoms with Gasteiger partial charge in [-0.3, -0.25) is 0 Å². The molecular weight excluding hydrogens is 358 g/mol. The van der Waals surface area contributed by atoms with E-state index in [1.165, 1.54) is 0 Å². The lowest BCUT2D eigenvalue weighted by Crippen LogP contribution is -2.00. The maximum atomic E-state index is 11.6. The van der Waals surface area contributed by atoms with E-state index in [0.29, 0.717) is 16.6 Å². The van der Waals surface area contributed by atoms with Gasteiger partial charge in [0, 0.05) is 15.4 Å². The molecule has 0 aliphatic carbocycles. The summed E-state index contributed by atoms with van der Waals surface area (Å²) in [6.45, 7) is 1.94. The quantitative estimate of drug-likeness (QED) is 0.725. The average molecular weight is 372 g/mol. The number of ether oxygens (including phenoxy) is 1. The molecule has 0 spiro atoms. The first-order valence-electron chi connectivity index (χ1n) is 6.98. The zero-order chi connectivity index (χ0) is 16.6. The second-order valence-corrected chi connectivity index (χ2v) is 6.12. The third kappa shape index (κ3) is 2.92. The maximum absolute atomic E-state index is 11.6. The Hall–Kier alpha value is -2.40. The molecule has 23 heavy (non-hydrogen) atoms. The number of hydrogen-bond acceptors (Lipinski definition) is 3. The van der Waals surface area contributed by atoms with Crippen LogP contribution in [-0.4, -0.2) is 23.2 Å². The Morgan fingerprint density at radius 3 is 2.61 bits per heavy atom. The average Bonchev–Trinajstić information content (AvgIpc) is 2.53. The molecule has 3 rings (SSSR count). The smallest absolute Gasteiger partial charge is 0.336 e. The van der Waals surface area contributed by atoms with E-state index in [9.17, 15) is 9.90 Å². The molecule has 0 saturated carbocycles. The Bertz CT molecular complexity index is 922. The number of rotatable bonds is 3. The van der Waals surface area contributed by atoms with Crippen LogP contribution in [0.1, 0.15) is 15.9 Å². The zero-order valence-electron chi connectivity index (χ0n) is 12.6. The van der Waals surface area contributed by atoms with Crippen LogP contribution in [0, 0.1) is 6.92 Å². The normalized spacial score (nSPS) is 10.7. The summed E-state index contributed by atoms with van der Waals surface area (Å²) in [5, 5.41) is 10.1. The molecule has 3 aromatic rings. The first kappa shape index (κ1) is 15.5. The van der Waals surface area contributed by atoms with Crippen molar-refractivity contribution < 1.29 is 14.6 Å². The van der Waals surface area contributed by atoms with Gasteiger partial charge in [0.15, 0.2) is 0 Å². The Labute approximate surface area is 141 Å². The van der Waals surface area contributed by atoms with Gasteiger partial charge in [-0.25, -0.2) is 9.78 Å². The minimum atomic E-state index is -0.970. The Kier molecular flexibility index (Phi) is 4.05. The number of carbonyl (C=O) groups is 1. The van der Waals surface area contributed by atoms with Crippen molar-refractivity contribution in [2.45, 2.75) is 6.92 Å². The molecule has 1 aromatic heterocycles. The Morgan fingerprint density at radius 1 is 1.17 bits per heavy atom. The second kappa shape index (κ2) is 6.01. The van der Waals surface area contributed by atoms with E-state index in [1.54, 1.807) is 19.2 Å². The highest BCUT2D eigenvalue weighted by molar-refractivity contribution is 9.10. The van der Waals surface area contributed by atoms with Gasteiger partial charge in [-0.1, -0.05) is 15.9 Å². The fraction of sp³-hybridized carbons (Fsp3) is 0.111. The van der Waals surface area contributed by atoms with Gasteiger partial charge in [0.1, 0.15) is 5.75 Å². The molecule has 0 unspecified atom stereocenters. The van der Waals surface area contributed by atoms with Gasteiger partial charge in [0.05, 0.1) is 23.9 Å². The van der Waals surface area contributed by atoms with Crippen LogP contribution in [0.3, 0.4) is 0 Å². The van der Waals surface area contributed by atoms with Crippen molar-refractivity contribution in [1.29, 1.82) is 0 Å². The molecular formula is C18H14BrNO3. The summed E-state index contributed by atoms with van der Waals surface area (Å²) >= 11 is 3.37. The minimum Gasteiger partial charge on any atom is -0.496 e. The molecule has 0 aliphatic heterocycles. The molecule has 0 radical (unpaired) electrons. The summed E-state index contributed by atoms with van der Waals surface area (Å²) in [4.78, 5) is 16.2. The second-order valence-electron chi connectivity index (χ2n) is 5.21. The van der Waals surface area contributed by atoms with Crippen LogP contribution in [0.25, 0.3) is 22.2 Å². The molecule has 0 aliphatic rings. The predicted molar refractivity (Wildman–Crippen MR) is 93.1 cm³/mol. The molecule has 4 nitrogen and oxygen atoms in total. The highest BCUT2D eigenvalue weighted by atomic mass is 79.9. The Balaban J connectivity index is 2.24. The Morgan fingerprint density at radius 2 is 1.96 bits per heavy atom. The van der Waals surface area contributed by atoms with Crippen molar-refractivity contribution in [3.63, 3.8) is 0 Å². The highest BCUT2D eigenvalue weighted by Gasteiger charge is 2.14. The number of pyridine rings is 1. The van der Waals surface area contributed by atoms with Crippen molar-refractivity contribution in [3.8, 4) is 17.0 Å². The van der Waals surface area contributed by atoms with E-state index in [0.717, 1.165) is 21.3 Å². The minimum absolute atomic E-state index is 0.236. The first-order valence-corrected chi connectivity index (χ1v) is 7.77. The number of hydrogen-bond donors (Lipinski definition) is 1. The number of benzene rings is 2. The summed E-state index contributed by atoms with van der Waals surface area (Å²) < 4.78 is 6.08. The van der Waals surface area contributed by atoms with Crippen LogP contribution in [0.5, 0.6) is 5.75 Å². The van der Waals surface area contributed by atoms with Crippen molar-refractivity contribution in [2.24, 2.45) is 0 Å². The van der Waals surface area contributed by atoms with Gasteiger partial charge in [-0.05, 0) is 55.0 Å². The zero-order valence-corrected chi connectivity index (χ0v) is 14.2. The summed E-state index contributed by atoms with van der Waals surface area (Å²) in [6.07, 6.45) is 0. The summed E-state index contributed by atoms with van der Waals surface area (Å²) in [7, 11) is 1.62. The summed E-state index contributed by atoms with van der Waals surface area (Å²) in [6, 6.07) is 12.7. The molecule has 2 aromatic carbocycles. The lowest BCUT2D eigenvalue weighted by Gasteiger charge is -2.10. The molecule has 0 fully saturated rings.